The number of nitrogens with two attached hydrogens (primary N) is 1. The van der Waals surface area contributed by atoms with E-state index in [0.29, 0.717) is 42.1 Å². The molecule has 164 valence electrons. The van der Waals surface area contributed by atoms with Crippen LogP contribution >= 0.6 is 0 Å². The van der Waals surface area contributed by atoms with Gasteiger partial charge in [-0.25, -0.2) is 9.07 Å². The number of nitriles is 1. The van der Waals surface area contributed by atoms with Gasteiger partial charge >= 0.3 is 0 Å². The molecular formula is C22H28FN7O. The maximum Gasteiger partial charge on any atom is 0.191 e. The predicted molar refractivity (Wildman–Crippen MR) is 116 cm³/mol. The molecule has 8 nitrogen and oxygen atoms in total. The summed E-state index contributed by atoms with van der Waals surface area (Å²) in [5.41, 5.74) is 7.72. The minimum Gasteiger partial charge on any atom is -0.382 e. The van der Waals surface area contributed by atoms with Gasteiger partial charge in [-0.3, -0.25) is 4.99 Å². The Labute approximate surface area is 181 Å². The van der Waals surface area contributed by atoms with Gasteiger partial charge in [0.15, 0.2) is 5.96 Å². The largest absolute Gasteiger partial charge is 0.382 e. The fraction of sp³-hybridized carbons (Fsp3) is 0.500. The summed E-state index contributed by atoms with van der Waals surface area (Å²) in [4.78, 5) is 4.68. The number of hydrogen-bond acceptors (Lipinski definition) is 5. The molecule has 0 radical (unpaired) electrons. The zero-order valence-electron chi connectivity index (χ0n) is 17.6. The number of guanidine groups is 1. The van der Waals surface area contributed by atoms with Crippen molar-refractivity contribution >= 4 is 11.8 Å². The third kappa shape index (κ3) is 4.64. The van der Waals surface area contributed by atoms with Crippen molar-refractivity contribution in [3.63, 3.8) is 0 Å². The highest BCUT2D eigenvalue weighted by Crippen LogP contribution is 2.34. The highest BCUT2D eigenvalue weighted by Gasteiger charge is 2.41. The van der Waals surface area contributed by atoms with E-state index in [1.807, 2.05) is 6.92 Å². The molecule has 3 unspecified atom stereocenters. The van der Waals surface area contributed by atoms with Crippen LogP contribution in [0.1, 0.15) is 43.9 Å². The van der Waals surface area contributed by atoms with Gasteiger partial charge in [0, 0.05) is 13.1 Å². The van der Waals surface area contributed by atoms with E-state index in [1.165, 1.54) is 16.8 Å². The lowest BCUT2D eigenvalue weighted by atomic mass is 9.96. The number of halogens is 1. The second-order valence-electron chi connectivity index (χ2n) is 7.93. The van der Waals surface area contributed by atoms with Crippen LogP contribution < -0.4 is 16.4 Å². The number of nitrogens with one attached hydrogen (secondary N) is 2. The molecule has 0 aliphatic carbocycles. The number of anilines is 1. The van der Waals surface area contributed by atoms with E-state index in [-0.39, 0.29) is 17.7 Å². The standard InChI is InChI=1S/C22H28FN7O/c1-2-26-22(28-19-12-16-9-10-20(19)31-16)27-11-3-4-18-17(13-24)21(25)30(29-18)15-7-5-14(23)6-8-15/h5-8,16,19-20H,2-4,9-12,25H2,1H3,(H2,26,27,28). The number of aryl methyl sites for hydroxylation is 1. The Morgan fingerprint density at radius 1 is 1.39 bits per heavy atom. The molecule has 9 heteroatoms. The van der Waals surface area contributed by atoms with Crippen molar-refractivity contribution in [3.05, 3.63) is 41.3 Å². The average molecular weight is 426 g/mol. The van der Waals surface area contributed by atoms with E-state index >= 15 is 0 Å². The molecule has 31 heavy (non-hydrogen) atoms. The van der Waals surface area contributed by atoms with Gasteiger partial charge in [-0.15, -0.1) is 0 Å². The third-order valence-corrected chi connectivity index (χ3v) is 5.79. The Hall–Kier alpha value is -3.12. The summed E-state index contributed by atoms with van der Waals surface area (Å²) >= 11 is 0. The molecule has 2 bridgehead atoms. The maximum absolute atomic E-state index is 13.2. The Morgan fingerprint density at radius 3 is 2.84 bits per heavy atom. The monoisotopic (exact) mass is 425 g/mol. The van der Waals surface area contributed by atoms with E-state index in [1.54, 1.807) is 12.1 Å². The van der Waals surface area contributed by atoms with E-state index in [4.69, 9.17) is 10.5 Å². The van der Waals surface area contributed by atoms with Crippen LogP contribution in [0.25, 0.3) is 5.69 Å². The van der Waals surface area contributed by atoms with Crippen LogP contribution in [-0.2, 0) is 11.2 Å². The van der Waals surface area contributed by atoms with Crippen LogP contribution in [0, 0.1) is 17.1 Å². The van der Waals surface area contributed by atoms with Crippen molar-refractivity contribution in [2.24, 2.45) is 4.99 Å². The van der Waals surface area contributed by atoms with E-state index < -0.39 is 0 Å². The summed E-state index contributed by atoms with van der Waals surface area (Å²) < 4.78 is 20.6. The highest BCUT2D eigenvalue weighted by atomic mass is 19.1. The van der Waals surface area contributed by atoms with E-state index in [2.05, 4.69) is 26.8 Å². The number of aromatic nitrogens is 2. The molecule has 4 N–H and O–H groups in total. The number of fused-ring (bicyclic) bond motifs is 2. The second kappa shape index (κ2) is 9.35. The van der Waals surface area contributed by atoms with Gasteiger partial charge in [-0.05, 0) is 63.3 Å². The van der Waals surface area contributed by atoms with Gasteiger partial charge in [0.25, 0.3) is 0 Å². The first-order chi connectivity index (χ1) is 15.1. The first-order valence-corrected chi connectivity index (χ1v) is 10.8. The molecule has 3 heterocycles. The molecule has 3 atom stereocenters. The van der Waals surface area contributed by atoms with Crippen LogP contribution in [-0.4, -0.2) is 47.1 Å². The number of nitrogen functional groups attached to an aromatic ring is 1. The average Bonchev–Trinajstić information content (AvgIpc) is 3.46. The molecular weight excluding hydrogens is 397 g/mol. The quantitative estimate of drug-likeness (QED) is 0.356. The summed E-state index contributed by atoms with van der Waals surface area (Å²) in [6.07, 6.45) is 5.25. The van der Waals surface area contributed by atoms with Gasteiger partial charge in [-0.1, -0.05) is 0 Å². The fourth-order valence-electron chi connectivity index (χ4n) is 4.28. The van der Waals surface area contributed by atoms with Crippen LogP contribution in [0.4, 0.5) is 10.2 Å². The Balaban J connectivity index is 1.38. The van der Waals surface area contributed by atoms with Crippen molar-refractivity contribution in [2.75, 3.05) is 18.8 Å². The first-order valence-electron chi connectivity index (χ1n) is 10.8. The molecule has 0 spiro atoms. The molecule has 0 amide bonds. The van der Waals surface area contributed by atoms with Crippen molar-refractivity contribution in [1.82, 2.24) is 20.4 Å². The SMILES string of the molecule is CCNC(=NCCCc1nn(-c2ccc(F)cc2)c(N)c1C#N)NC1CC2CCC1O2. The number of ether oxygens (including phenoxy) is 1. The van der Waals surface area contributed by atoms with Crippen LogP contribution in [0.3, 0.4) is 0 Å². The number of aliphatic imine (C=N–C) groups is 1. The van der Waals surface area contributed by atoms with Crippen molar-refractivity contribution < 1.29 is 9.13 Å². The van der Waals surface area contributed by atoms with Crippen LogP contribution in [0.15, 0.2) is 29.3 Å². The van der Waals surface area contributed by atoms with Crippen molar-refractivity contribution in [1.29, 1.82) is 5.26 Å². The minimum absolute atomic E-state index is 0.263. The summed E-state index contributed by atoms with van der Waals surface area (Å²) in [6.45, 7) is 3.41. The Kier molecular flexibility index (Phi) is 6.37. The zero-order chi connectivity index (χ0) is 21.8. The molecule has 4 rings (SSSR count). The maximum atomic E-state index is 13.2. The molecule has 2 aliphatic heterocycles. The van der Waals surface area contributed by atoms with E-state index in [9.17, 15) is 9.65 Å². The van der Waals surface area contributed by atoms with Gasteiger partial charge in [0.05, 0.1) is 29.6 Å². The van der Waals surface area contributed by atoms with Gasteiger partial charge in [0.1, 0.15) is 23.3 Å². The number of hydrogen-bond donors (Lipinski definition) is 3. The lowest BCUT2D eigenvalue weighted by molar-refractivity contribution is 0.0992. The predicted octanol–water partition coefficient (Wildman–Crippen LogP) is 2.27. The number of rotatable bonds is 7. The number of nitrogens with zero attached hydrogens (tertiary/aromatic N) is 4. The summed E-state index contributed by atoms with van der Waals surface area (Å²) in [5.74, 6) is 0.717. The van der Waals surface area contributed by atoms with Gasteiger partial charge < -0.3 is 21.1 Å². The first kappa shape index (κ1) is 21.1. The molecule has 0 saturated carbocycles. The van der Waals surface area contributed by atoms with E-state index in [0.717, 1.165) is 38.2 Å². The normalized spacial score (nSPS) is 22.5. The van der Waals surface area contributed by atoms with Crippen molar-refractivity contribution in [2.45, 2.75) is 57.3 Å². The number of benzene rings is 1. The fourth-order valence-corrected chi connectivity index (χ4v) is 4.28. The lowest BCUT2D eigenvalue weighted by Gasteiger charge is -2.22. The molecule has 2 saturated heterocycles. The summed E-state index contributed by atoms with van der Waals surface area (Å²) in [5, 5.41) is 20.8. The topological polar surface area (TPSA) is 113 Å². The van der Waals surface area contributed by atoms with Gasteiger partial charge in [0.2, 0.25) is 0 Å². The Morgan fingerprint density at radius 2 is 2.19 bits per heavy atom. The van der Waals surface area contributed by atoms with Crippen LogP contribution in [0.2, 0.25) is 0 Å². The highest BCUT2D eigenvalue weighted by molar-refractivity contribution is 5.80. The van der Waals surface area contributed by atoms with Crippen molar-refractivity contribution in [3.8, 4) is 11.8 Å². The van der Waals surface area contributed by atoms with Crippen LogP contribution in [0.5, 0.6) is 0 Å². The molecule has 2 aromatic rings. The summed E-state index contributed by atoms with van der Waals surface area (Å²) in [7, 11) is 0. The summed E-state index contributed by atoms with van der Waals surface area (Å²) in [6, 6.07) is 8.31. The van der Waals surface area contributed by atoms with Gasteiger partial charge in [-0.2, -0.15) is 10.4 Å². The molecule has 1 aromatic carbocycles. The second-order valence-corrected chi connectivity index (χ2v) is 7.93. The Bertz CT molecular complexity index is 979. The third-order valence-electron chi connectivity index (χ3n) is 5.79. The lowest BCUT2D eigenvalue weighted by Crippen LogP contribution is -2.47. The molecule has 2 aliphatic rings. The molecule has 2 fully saturated rings. The minimum atomic E-state index is -0.338. The molecule has 1 aromatic heterocycles. The zero-order valence-corrected chi connectivity index (χ0v) is 17.6. The smallest absolute Gasteiger partial charge is 0.191 e.